The van der Waals surface area contributed by atoms with Gasteiger partial charge in [-0.3, -0.25) is 14.4 Å². The third-order valence-electron chi connectivity index (χ3n) is 5.80. The Balaban J connectivity index is 1.48. The average molecular weight is 511 g/mol. The number of nitrogens with two attached hydrogens (primary N) is 1. The van der Waals surface area contributed by atoms with Gasteiger partial charge in [-0.25, -0.2) is 4.79 Å². The lowest BCUT2D eigenvalue weighted by Gasteiger charge is -2.27. The van der Waals surface area contributed by atoms with Crippen molar-refractivity contribution in [2.75, 3.05) is 12.3 Å². The fourth-order valence-corrected chi connectivity index (χ4v) is 4.88. The molecular formula is C28H34N2O5S. The van der Waals surface area contributed by atoms with Crippen molar-refractivity contribution in [3.8, 4) is 0 Å². The minimum absolute atomic E-state index is 0.0863. The van der Waals surface area contributed by atoms with E-state index < -0.39 is 17.7 Å². The van der Waals surface area contributed by atoms with Gasteiger partial charge in [0.15, 0.2) is 5.78 Å². The zero-order valence-electron chi connectivity index (χ0n) is 21.1. The van der Waals surface area contributed by atoms with Crippen molar-refractivity contribution < 1.29 is 23.9 Å². The van der Waals surface area contributed by atoms with E-state index in [1.54, 1.807) is 56.0 Å². The minimum Gasteiger partial charge on any atom is -0.458 e. The number of amides is 1. The van der Waals surface area contributed by atoms with Crippen LogP contribution in [0.15, 0.2) is 54.6 Å². The summed E-state index contributed by atoms with van der Waals surface area (Å²) in [4.78, 5) is 52.0. The fourth-order valence-electron chi connectivity index (χ4n) is 4.10. The van der Waals surface area contributed by atoms with Gasteiger partial charge in [-0.05, 0) is 51.7 Å². The standard InChI is InChI=1S/C28H34N2O5S/c1-28(2,3)35-26(33)23-13-8-15-30(23)24(31)14-16-36-27(34)22(29)18-19-9-7-12-21(17-19)25(32)20-10-5-4-6-11-20/h4-7,9-12,17,22-23H,8,13-16,18,29H2,1-3H3/t22-,23-/m0/s1. The van der Waals surface area contributed by atoms with Crippen LogP contribution in [0.3, 0.4) is 0 Å². The van der Waals surface area contributed by atoms with Gasteiger partial charge in [-0.2, -0.15) is 0 Å². The molecule has 2 atom stereocenters. The number of rotatable bonds is 9. The Kier molecular flexibility index (Phi) is 9.45. The summed E-state index contributed by atoms with van der Waals surface area (Å²) in [5.74, 6) is -0.344. The van der Waals surface area contributed by atoms with Gasteiger partial charge in [0.1, 0.15) is 11.6 Å². The predicted octanol–water partition coefficient (Wildman–Crippen LogP) is 3.77. The Morgan fingerprint density at radius 2 is 1.75 bits per heavy atom. The van der Waals surface area contributed by atoms with Crippen molar-refractivity contribution in [1.29, 1.82) is 0 Å². The van der Waals surface area contributed by atoms with Gasteiger partial charge < -0.3 is 15.4 Å². The number of likely N-dealkylation sites (tertiary alicyclic amines) is 1. The number of hydrogen-bond donors (Lipinski definition) is 1. The highest BCUT2D eigenvalue weighted by atomic mass is 32.2. The number of carbonyl (C=O) groups is 4. The zero-order chi connectivity index (χ0) is 26.3. The maximum atomic E-state index is 12.7. The van der Waals surface area contributed by atoms with Crippen LogP contribution in [0.1, 0.15) is 61.5 Å². The first-order chi connectivity index (χ1) is 17.0. The van der Waals surface area contributed by atoms with Gasteiger partial charge in [0.2, 0.25) is 11.0 Å². The highest BCUT2D eigenvalue weighted by molar-refractivity contribution is 8.13. The van der Waals surface area contributed by atoms with E-state index in [1.165, 1.54) is 0 Å². The Labute approximate surface area is 216 Å². The van der Waals surface area contributed by atoms with Crippen molar-refractivity contribution in [2.45, 2.75) is 64.1 Å². The van der Waals surface area contributed by atoms with Crippen molar-refractivity contribution in [1.82, 2.24) is 4.90 Å². The summed E-state index contributed by atoms with van der Waals surface area (Å²) in [5, 5.41) is -0.215. The van der Waals surface area contributed by atoms with Crippen molar-refractivity contribution >= 4 is 34.5 Å². The molecule has 0 unspecified atom stereocenters. The molecule has 1 saturated heterocycles. The summed E-state index contributed by atoms with van der Waals surface area (Å²) in [6.45, 7) is 5.91. The molecule has 1 heterocycles. The first-order valence-corrected chi connectivity index (χ1v) is 13.2. The van der Waals surface area contributed by atoms with E-state index >= 15 is 0 Å². The van der Waals surface area contributed by atoms with Crippen LogP contribution in [0, 0.1) is 0 Å². The normalized spacial score (nSPS) is 16.4. The average Bonchev–Trinajstić information content (AvgIpc) is 3.33. The fraction of sp³-hybridized carbons (Fsp3) is 0.429. The molecular weight excluding hydrogens is 476 g/mol. The van der Waals surface area contributed by atoms with Crippen LogP contribution >= 0.6 is 11.8 Å². The lowest BCUT2D eigenvalue weighted by molar-refractivity contribution is -0.163. The zero-order valence-corrected chi connectivity index (χ0v) is 21.9. The molecule has 1 aliphatic rings. The third kappa shape index (κ3) is 7.77. The molecule has 3 rings (SSSR count). The Morgan fingerprint density at radius 1 is 1.06 bits per heavy atom. The number of carbonyl (C=O) groups excluding carboxylic acids is 4. The molecule has 0 bridgehead atoms. The maximum absolute atomic E-state index is 12.7. The predicted molar refractivity (Wildman–Crippen MR) is 141 cm³/mol. The van der Waals surface area contributed by atoms with E-state index in [0.717, 1.165) is 23.7 Å². The number of ketones is 1. The molecule has 192 valence electrons. The SMILES string of the molecule is CC(C)(C)OC(=O)[C@@H]1CCCN1C(=O)CCSC(=O)[C@@H](N)Cc1cccc(C(=O)c2ccccc2)c1. The first-order valence-electron chi connectivity index (χ1n) is 12.2. The van der Waals surface area contributed by atoms with Crippen molar-refractivity contribution in [3.05, 3.63) is 71.3 Å². The van der Waals surface area contributed by atoms with Crippen LogP contribution in [0.25, 0.3) is 0 Å². The first kappa shape index (κ1) is 27.6. The number of nitrogens with zero attached hydrogens (tertiary/aromatic N) is 1. The van der Waals surface area contributed by atoms with Crippen LogP contribution in [0.4, 0.5) is 0 Å². The van der Waals surface area contributed by atoms with Crippen LogP contribution < -0.4 is 5.73 Å². The van der Waals surface area contributed by atoms with E-state index in [4.69, 9.17) is 10.5 Å². The monoisotopic (exact) mass is 510 g/mol. The molecule has 0 saturated carbocycles. The Bertz CT molecular complexity index is 1100. The van der Waals surface area contributed by atoms with Crippen LogP contribution in [0.2, 0.25) is 0 Å². The second-order valence-corrected chi connectivity index (χ2v) is 11.0. The van der Waals surface area contributed by atoms with Gasteiger partial charge in [0.25, 0.3) is 0 Å². The summed E-state index contributed by atoms with van der Waals surface area (Å²) in [6.07, 6.45) is 1.77. The number of ether oxygens (including phenoxy) is 1. The smallest absolute Gasteiger partial charge is 0.329 e. The van der Waals surface area contributed by atoms with Crippen LogP contribution in [-0.2, 0) is 25.5 Å². The van der Waals surface area contributed by atoms with Crippen LogP contribution in [0.5, 0.6) is 0 Å². The molecule has 1 aliphatic heterocycles. The summed E-state index contributed by atoms with van der Waals surface area (Å²) < 4.78 is 5.45. The lowest BCUT2D eigenvalue weighted by atomic mass is 9.99. The highest BCUT2D eigenvalue weighted by Crippen LogP contribution is 2.23. The molecule has 8 heteroatoms. The van der Waals surface area contributed by atoms with E-state index in [1.807, 2.05) is 24.3 Å². The molecule has 2 aromatic rings. The number of thioether (sulfide) groups is 1. The van der Waals surface area contributed by atoms with Gasteiger partial charge >= 0.3 is 5.97 Å². The second-order valence-electron chi connectivity index (χ2n) is 9.90. The molecule has 1 fully saturated rings. The van der Waals surface area contributed by atoms with E-state index in [2.05, 4.69) is 0 Å². The van der Waals surface area contributed by atoms with E-state index in [0.29, 0.717) is 30.5 Å². The number of esters is 1. The molecule has 0 radical (unpaired) electrons. The van der Waals surface area contributed by atoms with Crippen molar-refractivity contribution in [2.24, 2.45) is 5.73 Å². The summed E-state index contributed by atoms with van der Waals surface area (Å²) in [7, 11) is 0. The molecule has 1 amide bonds. The molecule has 36 heavy (non-hydrogen) atoms. The molecule has 0 spiro atoms. The Morgan fingerprint density at radius 3 is 2.44 bits per heavy atom. The second kappa shape index (κ2) is 12.3. The van der Waals surface area contributed by atoms with Gasteiger partial charge in [0.05, 0.1) is 6.04 Å². The van der Waals surface area contributed by atoms with Crippen molar-refractivity contribution in [3.63, 3.8) is 0 Å². The summed E-state index contributed by atoms with van der Waals surface area (Å²) in [6, 6.07) is 14.8. The highest BCUT2D eigenvalue weighted by Gasteiger charge is 2.36. The molecule has 2 aromatic carbocycles. The summed E-state index contributed by atoms with van der Waals surface area (Å²) >= 11 is 1.02. The lowest BCUT2D eigenvalue weighted by Crippen LogP contribution is -2.43. The van der Waals surface area contributed by atoms with Crippen LogP contribution in [-0.4, -0.2) is 57.7 Å². The summed E-state index contributed by atoms with van der Waals surface area (Å²) in [5.41, 5.74) is 7.46. The van der Waals surface area contributed by atoms with Gasteiger partial charge in [-0.1, -0.05) is 60.3 Å². The minimum atomic E-state index is -0.756. The number of hydrogen-bond acceptors (Lipinski definition) is 7. The van der Waals surface area contributed by atoms with Gasteiger partial charge in [-0.15, -0.1) is 0 Å². The Hall–Kier alpha value is -2.97. The topological polar surface area (TPSA) is 107 Å². The van der Waals surface area contributed by atoms with Gasteiger partial charge in [0, 0.05) is 29.8 Å². The molecule has 7 nitrogen and oxygen atoms in total. The van der Waals surface area contributed by atoms with E-state index in [9.17, 15) is 19.2 Å². The molecule has 0 aromatic heterocycles. The maximum Gasteiger partial charge on any atom is 0.329 e. The third-order valence-corrected chi connectivity index (χ3v) is 6.79. The molecule has 2 N–H and O–H groups in total. The number of benzene rings is 2. The largest absolute Gasteiger partial charge is 0.458 e. The quantitative estimate of drug-likeness (QED) is 0.404. The molecule has 0 aliphatic carbocycles. The van der Waals surface area contributed by atoms with E-state index in [-0.39, 0.29) is 34.9 Å².